The van der Waals surface area contributed by atoms with Crippen molar-refractivity contribution in [3.8, 4) is 5.75 Å². The molecule has 0 saturated carbocycles. The number of rotatable bonds is 4. The third-order valence-electron chi connectivity index (χ3n) is 2.23. The highest BCUT2D eigenvalue weighted by Crippen LogP contribution is 2.34. The number of nitro groups is 1. The first kappa shape index (κ1) is 12.4. The minimum atomic E-state index is -0.459. The van der Waals surface area contributed by atoms with E-state index in [9.17, 15) is 10.1 Å². The van der Waals surface area contributed by atoms with Crippen molar-refractivity contribution >= 4 is 17.4 Å². The van der Waals surface area contributed by atoms with Gasteiger partial charge in [-0.15, -0.1) is 0 Å². The van der Waals surface area contributed by atoms with E-state index in [-0.39, 0.29) is 11.4 Å². The molecule has 0 aliphatic carbocycles. The normalized spacial score (nSPS) is 10.1. The van der Waals surface area contributed by atoms with Crippen LogP contribution in [0.4, 0.5) is 5.69 Å². The molecule has 2 aromatic rings. The van der Waals surface area contributed by atoms with Gasteiger partial charge in [0.15, 0.2) is 5.75 Å². The molecule has 0 fully saturated rings. The third-order valence-corrected chi connectivity index (χ3v) is 3.23. The zero-order valence-electron chi connectivity index (χ0n) is 9.57. The Morgan fingerprint density at radius 2 is 1.94 bits per heavy atom. The maximum Gasteiger partial charge on any atom is 0.310 e. The van der Waals surface area contributed by atoms with Gasteiger partial charge in [-0.05, 0) is 18.2 Å². The van der Waals surface area contributed by atoms with Crippen LogP contribution in [0.2, 0.25) is 0 Å². The lowest BCUT2D eigenvalue weighted by molar-refractivity contribution is -0.385. The molecular weight excluding hydrogens is 252 g/mol. The van der Waals surface area contributed by atoms with Gasteiger partial charge >= 0.3 is 5.69 Å². The van der Waals surface area contributed by atoms with Crippen molar-refractivity contribution in [2.45, 2.75) is 9.79 Å². The summed E-state index contributed by atoms with van der Waals surface area (Å²) in [4.78, 5) is 16.1. The van der Waals surface area contributed by atoms with E-state index in [1.54, 1.807) is 24.5 Å². The summed E-state index contributed by atoms with van der Waals surface area (Å²) in [5.74, 6) is 0.263. The number of hydrogen-bond donors (Lipinski definition) is 0. The molecule has 0 radical (unpaired) electrons. The van der Waals surface area contributed by atoms with Gasteiger partial charge < -0.3 is 4.74 Å². The topological polar surface area (TPSA) is 65.3 Å². The Hall–Kier alpha value is -2.08. The first-order valence-corrected chi connectivity index (χ1v) is 5.92. The molecule has 1 aromatic heterocycles. The number of hydrogen-bond acceptors (Lipinski definition) is 5. The Morgan fingerprint density at radius 3 is 2.56 bits per heavy atom. The molecule has 92 valence electrons. The van der Waals surface area contributed by atoms with E-state index in [4.69, 9.17) is 4.74 Å². The Bertz CT molecular complexity index is 561. The summed E-state index contributed by atoms with van der Waals surface area (Å²) in [6.45, 7) is 0. The quantitative estimate of drug-likeness (QED) is 0.625. The molecule has 5 nitrogen and oxygen atoms in total. The number of aromatic nitrogens is 1. The van der Waals surface area contributed by atoms with Crippen LogP contribution in [0.15, 0.2) is 52.5 Å². The Balaban J connectivity index is 2.28. The van der Waals surface area contributed by atoms with Crippen LogP contribution in [0, 0.1) is 10.1 Å². The lowest BCUT2D eigenvalue weighted by Crippen LogP contribution is -1.93. The van der Waals surface area contributed by atoms with Crippen LogP contribution in [0.3, 0.4) is 0 Å². The summed E-state index contributed by atoms with van der Waals surface area (Å²) in [5, 5.41) is 10.8. The largest absolute Gasteiger partial charge is 0.490 e. The average Bonchev–Trinajstić information content (AvgIpc) is 2.39. The second kappa shape index (κ2) is 5.50. The smallest absolute Gasteiger partial charge is 0.310 e. The summed E-state index contributed by atoms with van der Waals surface area (Å²) in [7, 11) is 1.42. The van der Waals surface area contributed by atoms with E-state index in [1.165, 1.54) is 24.9 Å². The number of nitro benzene ring substituents is 1. The van der Waals surface area contributed by atoms with E-state index in [0.29, 0.717) is 0 Å². The number of pyridine rings is 1. The van der Waals surface area contributed by atoms with Gasteiger partial charge in [0.25, 0.3) is 0 Å². The lowest BCUT2D eigenvalue weighted by Gasteiger charge is -2.05. The first-order chi connectivity index (χ1) is 8.70. The Morgan fingerprint density at radius 1 is 1.22 bits per heavy atom. The van der Waals surface area contributed by atoms with Crippen molar-refractivity contribution in [3.63, 3.8) is 0 Å². The Kier molecular flexibility index (Phi) is 3.78. The molecular formula is C12H10N2O3S. The van der Waals surface area contributed by atoms with Crippen LogP contribution in [0.25, 0.3) is 0 Å². The minimum absolute atomic E-state index is 0.0309. The van der Waals surface area contributed by atoms with Crippen LogP contribution < -0.4 is 4.74 Å². The fourth-order valence-electron chi connectivity index (χ4n) is 1.41. The van der Waals surface area contributed by atoms with Gasteiger partial charge in [0.1, 0.15) is 0 Å². The number of nitrogens with zero attached hydrogens (tertiary/aromatic N) is 2. The van der Waals surface area contributed by atoms with E-state index < -0.39 is 4.92 Å². The zero-order chi connectivity index (χ0) is 13.0. The van der Waals surface area contributed by atoms with E-state index in [1.807, 2.05) is 12.1 Å². The Labute approximate surface area is 108 Å². The van der Waals surface area contributed by atoms with Crippen LogP contribution in [0.1, 0.15) is 0 Å². The van der Waals surface area contributed by atoms with Gasteiger partial charge in [0, 0.05) is 34.3 Å². The number of benzene rings is 1. The van der Waals surface area contributed by atoms with Gasteiger partial charge in [-0.3, -0.25) is 15.1 Å². The molecule has 0 atom stereocenters. The van der Waals surface area contributed by atoms with Crippen molar-refractivity contribution in [3.05, 3.63) is 52.8 Å². The molecule has 0 bridgehead atoms. The molecule has 0 amide bonds. The second-order valence-corrected chi connectivity index (χ2v) is 4.52. The first-order valence-electron chi connectivity index (χ1n) is 5.11. The molecule has 1 heterocycles. The SMILES string of the molecule is COc1cc(Sc2ccncc2)ccc1[N+](=O)[O-]. The molecule has 0 aliphatic rings. The molecule has 6 heteroatoms. The van der Waals surface area contributed by atoms with Crippen LogP contribution in [-0.4, -0.2) is 17.0 Å². The van der Waals surface area contributed by atoms with Crippen LogP contribution in [-0.2, 0) is 0 Å². The van der Waals surface area contributed by atoms with Crippen LogP contribution in [0.5, 0.6) is 5.75 Å². The maximum absolute atomic E-state index is 10.8. The third kappa shape index (κ3) is 2.78. The molecule has 0 N–H and O–H groups in total. The van der Waals surface area contributed by atoms with Gasteiger partial charge in [-0.1, -0.05) is 11.8 Å². The number of methoxy groups -OCH3 is 1. The molecule has 0 aliphatic heterocycles. The summed E-state index contributed by atoms with van der Waals surface area (Å²) in [6, 6.07) is 8.55. The minimum Gasteiger partial charge on any atom is -0.490 e. The highest BCUT2D eigenvalue weighted by atomic mass is 32.2. The molecule has 18 heavy (non-hydrogen) atoms. The summed E-state index contributed by atoms with van der Waals surface area (Å²) < 4.78 is 5.02. The monoisotopic (exact) mass is 262 g/mol. The molecule has 0 spiro atoms. The maximum atomic E-state index is 10.8. The van der Waals surface area contributed by atoms with Gasteiger partial charge in [0.2, 0.25) is 0 Å². The molecule has 1 aromatic carbocycles. The highest BCUT2D eigenvalue weighted by molar-refractivity contribution is 7.99. The van der Waals surface area contributed by atoms with Crippen molar-refractivity contribution < 1.29 is 9.66 Å². The van der Waals surface area contributed by atoms with Gasteiger partial charge in [-0.25, -0.2) is 0 Å². The van der Waals surface area contributed by atoms with Crippen molar-refractivity contribution in [2.75, 3.05) is 7.11 Å². The van der Waals surface area contributed by atoms with Crippen LogP contribution >= 0.6 is 11.8 Å². The predicted octanol–water partition coefficient (Wildman–Crippen LogP) is 3.15. The van der Waals surface area contributed by atoms with Crippen molar-refractivity contribution in [1.29, 1.82) is 0 Å². The van der Waals surface area contributed by atoms with E-state index in [2.05, 4.69) is 4.98 Å². The van der Waals surface area contributed by atoms with Crippen molar-refractivity contribution in [1.82, 2.24) is 4.98 Å². The molecule has 0 saturated heterocycles. The average molecular weight is 262 g/mol. The van der Waals surface area contributed by atoms with Gasteiger partial charge in [-0.2, -0.15) is 0 Å². The second-order valence-electron chi connectivity index (χ2n) is 3.38. The molecule has 0 unspecified atom stereocenters. The van der Waals surface area contributed by atoms with E-state index >= 15 is 0 Å². The fourth-order valence-corrected chi connectivity index (χ4v) is 2.25. The van der Waals surface area contributed by atoms with E-state index in [0.717, 1.165) is 9.79 Å². The summed E-state index contributed by atoms with van der Waals surface area (Å²) in [5.41, 5.74) is -0.0309. The fraction of sp³-hybridized carbons (Fsp3) is 0.0833. The highest BCUT2D eigenvalue weighted by Gasteiger charge is 2.14. The number of ether oxygens (including phenoxy) is 1. The molecule has 2 rings (SSSR count). The van der Waals surface area contributed by atoms with Gasteiger partial charge in [0.05, 0.1) is 12.0 Å². The van der Waals surface area contributed by atoms with Crippen molar-refractivity contribution in [2.24, 2.45) is 0 Å². The predicted molar refractivity (Wildman–Crippen MR) is 68.0 cm³/mol. The zero-order valence-corrected chi connectivity index (χ0v) is 10.4. The lowest BCUT2D eigenvalue weighted by atomic mass is 10.3. The standard InChI is InChI=1S/C12H10N2O3S/c1-17-12-8-10(2-3-11(12)14(15)16)18-9-4-6-13-7-5-9/h2-8H,1H3. The summed E-state index contributed by atoms with van der Waals surface area (Å²) in [6.07, 6.45) is 3.40. The summed E-state index contributed by atoms with van der Waals surface area (Å²) >= 11 is 1.49.